The topological polar surface area (TPSA) is 30.5 Å². The highest BCUT2D eigenvalue weighted by Crippen LogP contribution is 2.26. The van der Waals surface area contributed by atoms with Crippen molar-refractivity contribution in [3.8, 4) is 5.75 Å². The van der Waals surface area contributed by atoms with Crippen molar-refractivity contribution in [1.82, 2.24) is 5.32 Å². The van der Waals surface area contributed by atoms with Gasteiger partial charge in [-0.15, -0.1) is 0 Å². The Balaban J connectivity index is 1.42. The van der Waals surface area contributed by atoms with Crippen LogP contribution in [0.15, 0.2) is 18.2 Å². The first-order chi connectivity index (χ1) is 9.81. The maximum atomic E-state index is 6.00. The summed E-state index contributed by atoms with van der Waals surface area (Å²) < 4.78 is 11.6. The van der Waals surface area contributed by atoms with Gasteiger partial charge < -0.3 is 14.8 Å². The van der Waals surface area contributed by atoms with Crippen LogP contribution in [0.25, 0.3) is 0 Å². The summed E-state index contributed by atoms with van der Waals surface area (Å²) in [6, 6.07) is 6.56. The molecule has 2 unspecified atom stereocenters. The third kappa shape index (κ3) is 3.53. The Morgan fingerprint density at radius 1 is 1.30 bits per heavy atom. The number of aryl methyl sites for hydroxylation is 2. The van der Waals surface area contributed by atoms with Crippen molar-refractivity contribution in [1.29, 1.82) is 0 Å². The van der Waals surface area contributed by atoms with Gasteiger partial charge in [-0.2, -0.15) is 0 Å². The molecule has 1 saturated heterocycles. The molecule has 0 aromatic heterocycles. The molecule has 2 aliphatic rings. The number of hydrogen-bond donors (Lipinski definition) is 1. The van der Waals surface area contributed by atoms with Crippen LogP contribution >= 0.6 is 0 Å². The zero-order chi connectivity index (χ0) is 13.8. The van der Waals surface area contributed by atoms with E-state index in [4.69, 9.17) is 9.47 Å². The number of hydrogen-bond acceptors (Lipinski definition) is 3. The van der Waals surface area contributed by atoms with Gasteiger partial charge in [-0.1, -0.05) is 6.07 Å². The highest BCUT2D eigenvalue weighted by atomic mass is 16.5. The molecular weight excluding hydrogens is 250 g/mol. The third-order valence-electron chi connectivity index (χ3n) is 4.24. The van der Waals surface area contributed by atoms with Gasteiger partial charge in [0.1, 0.15) is 11.9 Å². The van der Waals surface area contributed by atoms with Crippen LogP contribution in [0.5, 0.6) is 5.75 Å². The molecule has 0 spiro atoms. The molecule has 1 aliphatic carbocycles. The molecule has 1 fully saturated rings. The van der Waals surface area contributed by atoms with Crippen molar-refractivity contribution >= 4 is 0 Å². The van der Waals surface area contributed by atoms with Crippen LogP contribution in [0.3, 0.4) is 0 Å². The maximum absolute atomic E-state index is 6.00. The first-order valence-electron chi connectivity index (χ1n) is 7.92. The second-order valence-electron chi connectivity index (χ2n) is 6.01. The fourth-order valence-corrected chi connectivity index (χ4v) is 3.15. The van der Waals surface area contributed by atoms with Crippen LogP contribution < -0.4 is 10.1 Å². The molecule has 3 rings (SSSR count). The molecule has 1 aromatic carbocycles. The van der Waals surface area contributed by atoms with Gasteiger partial charge in [0.05, 0.1) is 6.10 Å². The Hall–Kier alpha value is -1.06. The van der Waals surface area contributed by atoms with E-state index in [9.17, 15) is 0 Å². The molecule has 3 heteroatoms. The van der Waals surface area contributed by atoms with E-state index in [1.807, 2.05) is 0 Å². The van der Waals surface area contributed by atoms with E-state index in [2.05, 4.69) is 30.4 Å². The van der Waals surface area contributed by atoms with Crippen molar-refractivity contribution in [2.24, 2.45) is 0 Å². The smallest absolute Gasteiger partial charge is 0.120 e. The highest BCUT2D eigenvalue weighted by Gasteiger charge is 2.16. The Morgan fingerprint density at radius 3 is 3.05 bits per heavy atom. The molecular formula is C17H25NO2. The zero-order valence-electron chi connectivity index (χ0n) is 12.4. The minimum absolute atomic E-state index is 0.191. The average molecular weight is 275 g/mol. The Kier molecular flexibility index (Phi) is 4.58. The average Bonchev–Trinajstić information content (AvgIpc) is 3.08. The molecule has 0 saturated carbocycles. The SMILES string of the molecule is CC(CNCC1CCCO1)Oc1ccc2c(c1)CCC2. The molecule has 0 radical (unpaired) electrons. The van der Waals surface area contributed by atoms with E-state index < -0.39 is 0 Å². The Bertz CT molecular complexity index is 441. The van der Waals surface area contributed by atoms with Crippen molar-refractivity contribution in [2.45, 2.75) is 51.2 Å². The van der Waals surface area contributed by atoms with Gasteiger partial charge in [0.15, 0.2) is 0 Å². The standard InChI is InChI=1S/C17H25NO2/c1-13(11-18-12-17-6-3-9-19-17)20-16-8-7-14-4-2-5-15(14)10-16/h7-8,10,13,17-18H,2-6,9,11-12H2,1H3. The second kappa shape index (κ2) is 6.59. The van der Waals surface area contributed by atoms with Crippen LogP contribution in [0.2, 0.25) is 0 Å². The van der Waals surface area contributed by atoms with E-state index in [0.29, 0.717) is 6.10 Å². The summed E-state index contributed by atoms with van der Waals surface area (Å²) in [6.45, 7) is 4.86. The van der Waals surface area contributed by atoms with E-state index in [1.165, 1.54) is 43.2 Å². The molecule has 1 aliphatic heterocycles. The third-order valence-corrected chi connectivity index (χ3v) is 4.24. The molecule has 3 nitrogen and oxygen atoms in total. The second-order valence-corrected chi connectivity index (χ2v) is 6.01. The molecule has 1 aromatic rings. The predicted octanol–water partition coefficient (Wildman–Crippen LogP) is 2.71. The summed E-state index contributed by atoms with van der Waals surface area (Å²) in [4.78, 5) is 0. The maximum Gasteiger partial charge on any atom is 0.120 e. The Morgan fingerprint density at radius 2 is 2.20 bits per heavy atom. The van der Waals surface area contributed by atoms with Crippen LogP contribution in [0.1, 0.15) is 37.3 Å². The van der Waals surface area contributed by atoms with Crippen molar-refractivity contribution in [3.05, 3.63) is 29.3 Å². The number of ether oxygens (including phenoxy) is 2. The number of benzene rings is 1. The fraction of sp³-hybridized carbons (Fsp3) is 0.647. The van der Waals surface area contributed by atoms with Crippen LogP contribution in [-0.2, 0) is 17.6 Å². The van der Waals surface area contributed by atoms with Gasteiger partial charge in [-0.25, -0.2) is 0 Å². The summed E-state index contributed by atoms with van der Waals surface area (Å²) in [5, 5.41) is 3.45. The molecule has 20 heavy (non-hydrogen) atoms. The van der Waals surface area contributed by atoms with Crippen molar-refractivity contribution in [2.75, 3.05) is 19.7 Å². The minimum atomic E-state index is 0.191. The summed E-state index contributed by atoms with van der Waals surface area (Å²) >= 11 is 0. The van der Waals surface area contributed by atoms with Gasteiger partial charge in [-0.05, 0) is 62.3 Å². The lowest BCUT2D eigenvalue weighted by Crippen LogP contribution is -2.34. The molecule has 0 amide bonds. The van der Waals surface area contributed by atoms with Crippen LogP contribution in [-0.4, -0.2) is 31.9 Å². The van der Waals surface area contributed by atoms with E-state index in [1.54, 1.807) is 0 Å². The summed E-state index contributed by atoms with van der Waals surface area (Å²) in [6.07, 6.45) is 6.71. The minimum Gasteiger partial charge on any atom is -0.489 e. The Labute approximate surface area is 121 Å². The summed E-state index contributed by atoms with van der Waals surface area (Å²) in [5.74, 6) is 1.01. The predicted molar refractivity (Wildman–Crippen MR) is 80.4 cm³/mol. The highest BCUT2D eigenvalue weighted by molar-refractivity contribution is 5.38. The molecule has 2 atom stereocenters. The van der Waals surface area contributed by atoms with E-state index in [0.717, 1.165) is 25.4 Å². The van der Waals surface area contributed by atoms with Gasteiger partial charge >= 0.3 is 0 Å². The van der Waals surface area contributed by atoms with Gasteiger partial charge in [0.2, 0.25) is 0 Å². The lowest BCUT2D eigenvalue weighted by molar-refractivity contribution is 0.106. The van der Waals surface area contributed by atoms with Gasteiger partial charge in [0, 0.05) is 19.7 Å². The largest absolute Gasteiger partial charge is 0.489 e. The fourth-order valence-electron chi connectivity index (χ4n) is 3.15. The van der Waals surface area contributed by atoms with Gasteiger partial charge in [0.25, 0.3) is 0 Å². The summed E-state index contributed by atoms with van der Waals surface area (Å²) in [7, 11) is 0. The quantitative estimate of drug-likeness (QED) is 0.866. The van der Waals surface area contributed by atoms with Crippen molar-refractivity contribution < 1.29 is 9.47 Å². The molecule has 1 N–H and O–H groups in total. The normalized spacial score (nSPS) is 22.8. The number of rotatable bonds is 6. The lowest BCUT2D eigenvalue weighted by Gasteiger charge is -2.17. The molecule has 110 valence electrons. The number of fused-ring (bicyclic) bond motifs is 1. The lowest BCUT2D eigenvalue weighted by atomic mass is 10.1. The molecule has 1 heterocycles. The summed E-state index contributed by atoms with van der Waals surface area (Å²) in [5.41, 5.74) is 2.98. The van der Waals surface area contributed by atoms with Crippen molar-refractivity contribution in [3.63, 3.8) is 0 Å². The van der Waals surface area contributed by atoms with Gasteiger partial charge in [-0.3, -0.25) is 0 Å². The monoisotopic (exact) mass is 275 g/mol. The first-order valence-corrected chi connectivity index (χ1v) is 7.92. The van der Waals surface area contributed by atoms with E-state index in [-0.39, 0.29) is 6.10 Å². The molecule has 0 bridgehead atoms. The van der Waals surface area contributed by atoms with E-state index >= 15 is 0 Å². The first kappa shape index (κ1) is 13.9. The van der Waals surface area contributed by atoms with Crippen LogP contribution in [0.4, 0.5) is 0 Å². The number of nitrogens with one attached hydrogen (secondary N) is 1. The zero-order valence-corrected chi connectivity index (χ0v) is 12.4. The van der Waals surface area contributed by atoms with Crippen LogP contribution in [0, 0.1) is 0 Å².